The Bertz CT molecular complexity index is 1290. The van der Waals surface area contributed by atoms with E-state index in [9.17, 15) is 27.6 Å². The molecule has 1 heterocycles. The van der Waals surface area contributed by atoms with Gasteiger partial charge in [0.2, 0.25) is 18.2 Å². The fourth-order valence-corrected chi connectivity index (χ4v) is 3.30. The lowest BCUT2D eigenvalue weighted by atomic mass is 10.0. The number of hydrogen-bond donors (Lipinski definition) is 4. The number of terminal acetylenes is 2. The number of amides is 2. The van der Waals surface area contributed by atoms with Crippen LogP contribution in [0.3, 0.4) is 0 Å². The number of carbonyl (C=O) groups excluding carboxylic acids is 3. The molecule has 0 saturated carbocycles. The highest BCUT2D eigenvalue weighted by atomic mass is 19.4. The third kappa shape index (κ3) is 19.1. The van der Waals surface area contributed by atoms with Crippen molar-refractivity contribution in [3.63, 3.8) is 0 Å². The van der Waals surface area contributed by atoms with Crippen LogP contribution in [0, 0.1) is 42.9 Å². The number of hydrogen-bond acceptors (Lipinski definition) is 9. The zero-order valence-corrected chi connectivity index (χ0v) is 27.4. The van der Waals surface area contributed by atoms with Gasteiger partial charge in [0.25, 0.3) is 6.47 Å². The Balaban J connectivity index is -0.00000101. The number of benzene rings is 1. The van der Waals surface area contributed by atoms with Gasteiger partial charge in [-0.2, -0.15) is 13.2 Å². The molecule has 2 rings (SSSR count). The first-order chi connectivity index (χ1) is 22.3. The van der Waals surface area contributed by atoms with Crippen molar-refractivity contribution in [1.29, 1.82) is 5.41 Å². The molecule has 0 saturated heterocycles. The number of carbonyl (C=O) groups is 3. The summed E-state index contributed by atoms with van der Waals surface area (Å²) < 4.78 is 54.1. The van der Waals surface area contributed by atoms with E-state index in [1.807, 2.05) is 20.8 Å². The van der Waals surface area contributed by atoms with Gasteiger partial charge in [-0.05, 0) is 62.4 Å². The largest absolute Gasteiger partial charge is 0.494 e. The molecule has 0 radical (unpaired) electrons. The van der Waals surface area contributed by atoms with Gasteiger partial charge in [0.15, 0.2) is 0 Å². The fraction of sp³-hybridized carbons (Fsp3) is 0.424. The van der Waals surface area contributed by atoms with Gasteiger partial charge in [0.05, 0.1) is 20.3 Å². The highest BCUT2D eigenvalue weighted by molar-refractivity contribution is 6.06. The highest BCUT2D eigenvalue weighted by Gasteiger charge is 2.33. The molecule has 1 unspecified atom stereocenters. The van der Waals surface area contributed by atoms with Crippen molar-refractivity contribution in [2.75, 3.05) is 26.8 Å². The van der Waals surface area contributed by atoms with E-state index in [1.54, 1.807) is 13.0 Å². The normalized spacial score (nSPS) is 11.4. The van der Waals surface area contributed by atoms with Crippen molar-refractivity contribution < 1.29 is 41.8 Å². The summed E-state index contributed by atoms with van der Waals surface area (Å²) in [5, 5.41) is 11.2. The van der Waals surface area contributed by atoms with Gasteiger partial charge in [0.1, 0.15) is 22.7 Å². The fourth-order valence-electron chi connectivity index (χ4n) is 3.30. The second kappa shape index (κ2) is 27.2. The first-order valence-electron chi connectivity index (χ1n) is 14.2. The number of primary amides is 1. The summed E-state index contributed by atoms with van der Waals surface area (Å²) >= 11 is 0. The van der Waals surface area contributed by atoms with Gasteiger partial charge in [-0.1, -0.05) is 20.8 Å². The molecule has 47 heavy (non-hydrogen) atoms. The van der Waals surface area contributed by atoms with Crippen LogP contribution in [0.2, 0.25) is 0 Å². The molecule has 260 valence electrons. The van der Waals surface area contributed by atoms with E-state index in [0.29, 0.717) is 37.2 Å². The van der Waals surface area contributed by atoms with Gasteiger partial charge >= 0.3 is 6.18 Å². The summed E-state index contributed by atoms with van der Waals surface area (Å²) in [6, 6.07) is 5.07. The first-order valence-corrected chi connectivity index (χ1v) is 14.2. The molecule has 0 bridgehead atoms. The number of allylic oxidation sites excluding steroid dienone is 1. The molecule has 11 nitrogen and oxygen atoms in total. The molecule has 2 atom stereocenters. The van der Waals surface area contributed by atoms with Gasteiger partial charge in [0, 0.05) is 23.4 Å². The van der Waals surface area contributed by atoms with E-state index in [1.165, 1.54) is 25.3 Å². The number of nitrogens with two attached hydrogens (primary N) is 2. The quantitative estimate of drug-likeness (QED) is 0.0555. The second-order valence-electron chi connectivity index (χ2n) is 9.13. The number of rotatable bonds is 14. The van der Waals surface area contributed by atoms with Gasteiger partial charge in [-0.25, -0.2) is 4.98 Å². The molecule has 2 aromatic rings. The molecule has 1 aromatic carbocycles. The van der Waals surface area contributed by atoms with Gasteiger partial charge in [-0.15, -0.1) is 25.7 Å². The van der Waals surface area contributed by atoms with Crippen LogP contribution in [-0.2, 0) is 30.0 Å². The maximum absolute atomic E-state index is 13.1. The van der Waals surface area contributed by atoms with Crippen LogP contribution in [-0.4, -0.2) is 56.5 Å². The van der Waals surface area contributed by atoms with Crippen LogP contribution in [0.15, 0.2) is 36.1 Å². The van der Waals surface area contributed by atoms with Crippen molar-refractivity contribution in [3.8, 4) is 31.4 Å². The first kappa shape index (κ1) is 46.3. The van der Waals surface area contributed by atoms with Crippen LogP contribution in [0.1, 0.15) is 58.2 Å². The number of nitrogens with zero attached hydrogens (tertiary/aromatic N) is 1. The van der Waals surface area contributed by atoms with Crippen LogP contribution >= 0.6 is 0 Å². The Kier molecular flexibility index (Phi) is 26.9. The summed E-state index contributed by atoms with van der Waals surface area (Å²) in [7, 11) is 1.33. The molecular weight excluding hydrogens is 619 g/mol. The number of fused-ring (bicyclic) bond motifs is 1. The molecule has 6 N–H and O–H groups in total. The average Bonchev–Trinajstić information content (AvgIpc) is 3.07. The number of nitrogens with one attached hydrogen (secondary N) is 2. The third-order valence-electron chi connectivity index (χ3n) is 5.88. The molecule has 0 fully saturated rings. The summed E-state index contributed by atoms with van der Waals surface area (Å²) in [4.78, 5) is 33.3. The SMILES string of the molecule is C#C.C#C.CCC(C)C(N)=O.CCOC=O.COc1ccc(C(=N)OC(=C[C@H](C)CCCNC=O)CN)c2ccc(C(F)(F)F)nc12. The standard InChI is InChI=1S/C21H25F3N4O3.C5H11NO.C3H6O2.2C2H2/c1-13(4-3-9-27-12-29)10-14(11-25)31-20(26)16-5-7-17(30-2)19-15(16)6-8-18(28-19)21(22,23)24;1-3-4(2)5(6)7;1-2-5-3-4;2*1-2/h5-8,10,12-13,26H,3-4,9,11,25H2,1-2H3,(H,27,29);4H,3H2,1-2H3,(H2,6,7);3H,2H2,1H3;2*1-2H/t13-;;;;/m1..../s1. The van der Waals surface area contributed by atoms with Crippen molar-refractivity contribution in [3.05, 3.63) is 47.4 Å². The molecule has 0 aliphatic heterocycles. The number of pyridine rings is 1. The Hall–Kier alpha value is -5.08. The molecular formula is C33H46F3N5O6. The monoisotopic (exact) mass is 665 g/mol. The van der Waals surface area contributed by atoms with Gasteiger partial charge in [-0.3, -0.25) is 19.8 Å². The van der Waals surface area contributed by atoms with Crippen molar-refractivity contribution >= 4 is 35.6 Å². The summed E-state index contributed by atoms with van der Waals surface area (Å²) in [5.41, 5.74) is 9.85. The van der Waals surface area contributed by atoms with E-state index in [-0.39, 0.29) is 47.0 Å². The smallest absolute Gasteiger partial charge is 0.433 e. The van der Waals surface area contributed by atoms with E-state index < -0.39 is 11.9 Å². The predicted octanol–water partition coefficient (Wildman–Crippen LogP) is 4.80. The van der Waals surface area contributed by atoms with E-state index >= 15 is 0 Å². The Morgan fingerprint density at radius 3 is 2.13 bits per heavy atom. The number of alkyl halides is 3. The van der Waals surface area contributed by atoms with E-state index in [2.05, 4.69) is 40.7 Å². The minimum atomic E-state index is -4.61. The molecule has 0 spiro atoms. The number of methoxy groups -OCH3 is 1. The van der Waals surface area contributed by atoms with E-state index in [0.717, 1.165) is 25.3 Å². The number of halogens is 3. The zero-order chi connectivity index (χ0) is 37.0. The molecule has 2 amide bonds. The van der Waals surface area contributed by atoms with Crippen molar-refractivity contribution in [1.82, 2.24) is 10.3 Å². The highest BCUT2D eigenvalue weighted by Crippen LogP contribution is 2.33. The van der Waals surface area contributed by atoms with E-state index in [4.69, 9.17) is 26.4 Å². The van der Waals surface area contributed by atoms with Crippen LogP contribution in [0.25, 0.3) is 10.9 Å². The van der Waals surface area contributed by atoms with Crippen LogP contribution in [0.4, 0.5) is 13.2 Å². The maximum atomic E-state index is 13.1. The predicted molar refractivity (Wildman–Crippen MR) is 177 cm³/mol. The van der Waals surface area contributed by atoms with Crippen molar-refractivity contribution in [2.45, 2.75) is 53.1 Å². The molecule has 1 aromatic heterocycles. The number of aromatic nitrogens is 1. The lowest BCUT2D eigenvalue weighted by Gasteiger charge is -2.15. The maximum Gasteiger partial charge on any atom is 0.433 e. The number of ether oxygens (including phenoxy) is 3. The summed E-state index contributed by atoms with van der Waals surface area (Å²) in [6.07, 6.45) is 16.2. The zero-order valence-electron chi connectivity index (χ0n) is 27.4. The van der Waals surface area contributed by atoms with Crippen LogP contribution in [0.5, 0.6) is 5.75 Å². The molecule has 0 aliphatic rings. The Labute approximate surface area is 275 Å². The Morgan fingerprint density at radius 2 is 1.72 bits per heavy atom. The summed E-state index contributed by atoms with van der Waals surface area (Å²) in [6.45, 7) is 8.98. The topological polar surface area (TPSA) is 180 Å². The Morgan fingerprint density at radius 1 is 1.11 bits per heavy atom. The average molecular weight is 666 g/mol. The third-order valence-corrected chi connectivity index (χ3v) is 5.88. The molecule has 0 aliphatic carbocycles. The minimum absolute atomic E-state index is 0.0162. The second-order valence-corrected chi connectivity index (χ2v) is 9.13. The lowest BCUT2D eigenvalue weighted by molar-refractivity contribution is -0.141. The minimum Gasteiger partial charge on any atom is -0.494 e. The van der Waals surface area contributed by atoms with Gasteiger partial charge < -0.3 is 31.0 Å². The molecule has 14 heteroatoms. The van der Waals surface area contributed by atoms with Crippen LogP contribution < -0.4 is 21.5 Å². The van der Waals surface area contributed by atoms with Crippen molar-refractivity contribution in [2.24, 2.45) is 23.3 Å². The summed E-state index contributed by atoms with van der Waals surface area (Å²) in [5.74, 6) is 0.182. The lowest BCUT2D eigenvalue weighted by Crippen LogP contribution is -2.19.